The van der Waals surface area contributed by atoms with Crippen LogP contribution in [0.3, 0.4) is 0 Å². The average Bonchev–Trinajstić information content (AvgIpc) is 2.82. The van der Waals surface area contributed by atoms with Crippen LogP contribution in [-0.2, 0) is 0 Å². The van der Waals surface area contributed by atoms with Gasteiger partial charge in [-0.25, -0.2) is 9.67 Å². The Kier molecular flexibility index (Phi) is 2.83. The van der Waals surface area contributed by atoms with Gasteiger partial charge in [0, 0.05) is 17.1 Å². The van der Waals surface area contributed by atoms with Crippen molar-refractivity contribution in [2.75, 3.05) is 20.1 Å². The second-order valence-electron chi connectivity index (χ2n) is 4.92. The highest BCUT2D eigenvalue weighted by Crippen LogP contribution is 2.24. The molecule has 1 aliphatic rings. The monoisotopic (exact) mass is 244 g/mol. The van der Waals surface area contributed by atoms with Crippen molar-refractivity contribution in [1.29, 1.82) is 0 Å². The lowest BCUT2D eigenvalue weighted by Gasteiger charge is -2.29. The van der Waals surface area contributed by atoms with Gasteiger partial charge in [-0.05, 0) is 39.0 Å². The molecule has 0 radical (unpaired) electrons. The van der Waals surface area contributed by atoms with E-state index in [-0.39, 0.29) is 0 Å². The Balaban J connectivity index is 1.95. The largest absolute Gasteiger partial charge is 0.306 e. The molecule has 1 aliphatic heterocycles. The van der Waals surface area contributed by atoms with E-state index in [0.717, 1.165) is 43.3 Å². The molecular formula is C13H16N4O. The summed E-state index contributed by atoms with van der Waals surface area (Å²) in [5, 5.41) is 5.38. The third-order valence-corrected chi connectivity index (χ3v) is 3.62. The number of likely N-dealkylation sites (tertiary alicyclic amines) is 1. The first-order chi connectivity index (χ1) is 8.78. The number of nitrogens with zero attached hydrogens (tertiary/aromatic N) is 4. The van der Waals surface area contributed by atoms with Crippen molar-refractivity contribution in [1.82, 2.24) is 19.7 Å². The lowest BCUT2D eigenvalue weighted by molar-refractivity contribution is 0.112. The Bertz CT molecular complexity index is 569. The number of aldehydes is 1. The van der Waals surface area contributed by atoms with Crippen molar-refractivity contribution in [2.45, 2.75) is 18.9 Å². The number of fused-ring (bicyclic) bond motifs is 1. The van der Waals surface area contributed by atoms with Crippen LogP contribution in [-0.4, -0.2) is 46.1 Å². The first kappa shape index (κ1) is 11.3. The van der Waals surface area contributed by atoms with Crippen molar-refractivity contribution in [2.24, 2.45) is 0 Å². The molecule has 0 aliphatic carbocycles. The molecule has 0 aromatic carbocycles. The number of carbonyl (C=O) groups is 1. The summed E-state index contributed by atoms with van der Waals surface area (Å²) in [4.78, 5) is 17.4. The summed E-state index contributed by atoms with van der Waals surface area (Å²) < 4.78 is 2.01. The van der Waals surface area contributed by atoms with Crippen LogP contribution in [0, 0.1) is 0 Å². The highest BCUT2D eigenvalue weighted by Gasteiger charge is 2.20. The molecule has 5 nitrogen and oxygen atoms in total. The van der Waals surface area contributed by atoms with Crippen molar-refractivity contribution in [3.8, 4) is 0 Å². The van der Waals surface area contributed by atoms with Gasteiger partial charge in [0.15, 0.2) is 11.9 Å². The van der Waals surface area contributed by atoms with E-state index in [4.69, 9.17) is 0 Å². The van der Waals surface area contributed by atoms with Crippen molar-refractivity contribution >= 4 is 17.3 Å². The highest BCUT2D eigenvalue weighted by molar-refractivity contribution is 5.83. The predicted octanol–water partition coefficient (Wildman–Crippen LogP) is 1.51. The summed E-state index contributed by atoms with van der Waals surface area (Å²) in [7, 11) is 2.14. The summed E-state index contributed by atoms with van der Waals surface area (Å²) in [6, 6.07) is 2.27. The van der Waals surface area contributed by atoms with Gasteiger partial charge in [-0.15, -0.1) is 0 Å². The van der Waals surface area contributed by atoms with E-state index in [1.807, 2.05) is 10.7 Å². The molecule has 18 heavy (non-hydrogen) atoms. The van der Waals surface area contributed by atoms with Gasteiger partial charge in [-0.3, -0.25) is 4.79 Å². The predicted molar refractivity (Wildman–Crippen MR) is 68.7 cm³/mol. The summed E-state index contributed by atoms with van der Waals surface area (Å²) in [5.74, 6) is 0. The van der Waals surface area contributed by atoms with Gasteiger partial charge in [-0.2, -0.15) is 5.10 Å². The van der Waals surface area contributed by atoms with Crippen molar-refractivity contribution < 1.29 is 4.79 Å². The minimum Gasteiger partial charge on any atom is -0.306 e. The first-order valence-corrected chi connectivity index (χ1v) is 6.25. The molecule has 1 fully saturated rings. The van der Waals surface area contributed by atoms with E-state index in [1.54, 1.807) is 12.4 Å². The van der Waals surface area contributed by atoms with Crippen LogP contribution in [0.25, 0.3) is 11.0 Å². The quantitative estimate of drug-likeness (QED) is 0.751. The zero-order chi connectivity index (χ0) is 12.5. The van der Waals surface area contributed by atoms with Gasteiger partial charge >= 0.3 is 0 Å². The minimum absolute atomic E-state index is 0.424. The Morgan fingerprint density at radius 2 is 2.11 bits per heavy atom. The fraction of sp³-hybridized carbons (Fsp3) is 0.462. The van der Waals surface area contributed by atoms with Crippen molar-refractivity contribution in [3.63, 3.8) is 0 Å². The summed E-state index contributed by atoms with van der Waals surface area (Å²) >= 11 is 0. The zero-order valence-electron chi connectivity index (χ0n) is 10.4. The molecule has 0 spiro atoms. The maximum absolute atomic E-state index is 10.7. The molecule has 3 rings (SSSR count). The fourth-order valence-corrected chi connectivity index (χ4v) is 2.53. The maximum atomic E-state index is 10.7. The number of carbonyl (C=O) groups excluding carboxylic acids is 1. The van der Waals surface area contributed by atoms with Gasteiger partial charge in [0.1, 0.15) is 0 Å². The fourth-order valence-electron chi connectivity index (χ4n) is 2.53. The third-order valence-electron chi connectivity index (χ3n) is 3.62. The molecule has 1 saturated heterocycles. The van der Waals surface area contributed by atoms with Crippen LogP contribution in [0.1, 0.15) is 29.2 Å². The molecule has 0 N–H and O–H groups in total. The Labute approximate surface area is 105 Å². The van der Waals surface area contributed by atoms with Crippen molar-refractivity contribution in [3.05, 3.63) is 24.0 Å². The van der Waals surface area contributed by atoms with Gasteiger partial charge in [-0.1, -0.05) is 0 Å². The average molecular weight is 244 g/mol. The number of rotatable bonds is 2. The van der Waals surface area contributed by atoms with Gasteiger partial charge in [0.05, 0.1) is 12.2 Å². The lowest BCUT2D eigenvalue weighted by Crippen LogP contribution is -2.31. The number of aromatic nitrogens is 3. The van der Waals surface area contributed by atoms with Crippen LogP contribution >= 0.6 is 0 Å². The first-order valence-electron chi connectivity index (χ1n) is 6.25. The molecule has 3 heterocycles. The normalized spacial score (nSPS) is 18.3. The SMILES string of the molecule is CN1CCC(n2ncc3cc(C=O)cnc32)CC1. The van der Waals surface area contributed by atoms with E-state index < -0.39 is 0 Å². The molecule has 2 aromatic rings. The van der Waals surface area contributed by atoms with Crippen LogP contribution in [0.2, 0.25) is 0 Å². The highest BCUT2D eigenvalue weighted by atomic mass is 16.1. The van der Waals surface area contributed by atoms with E-state index in [0.29, 0.717) is 11.6 Å². The number of piperidine rings is 1. The van der Waals surface area contributed by atoms with E-state index >= 15 is 0 Å². The van der Waals surface area contributed by atoms with Crippen LogP contribution in [0.15, 0.2) is 18.5 Å². The second-order valence-corrected chi connectivity index (χ2v) is 4.92. The van der Waals surface area contributed by atoms with Gasteiger partial charge in [0.25, 0.3) is 0 Å². The van der Waals surface area contributed by atoms with Crippen LogP contribution < -0.4 is 0 Å². The zero-order valence-corrected chi connectivity index (χ0v) is 10.4. The van der Waals surface area contributed by atoms with Crippen LogP contribution in [0.4, 0.5) is 0 Å². The molecule has 0 unspecified atom stereocenters. The van der Waals surface area contributed by atoms with E-state index in [9.17, 15) is 4.79 Å². The van der Waals surface area contributed by atoms with E-state index in [2.05, 4.69) is 22.0 Å². The summed E-state index contributed by atoms with van der Waals surface area (Å²) in [6.07, 6.45) is 6.43. The Morgan fingerprint density at radius 3 is 2.83 bits per heavy atom. The number of pyridine rings is 1. The summed E-state index contributed by atoms with van der Waals surface area (Å²) in [5.41, 5.74) is 1.49. The third kappa shape index (κ3) is 1.90. The molecule has 2 aromatic heterocycles. The molecule has 0 bridgehead atoms. The Hall–Kier alpha value is -1.75. The molecule has 5 heteroatoms. The molecule has 94 valence electrons. The molecule has 0 atom stereocenters. The maximum Gasteiger partial charge on any atom is 0.158 e. The lowest BCUT2D eigenvalue weighted by atomic mass is 10.1. The smallest absolute Gasteiger partial charge is 0.158 e. The second kappa shape index (κ2) is 4.49. The van der Waals surface area contributed by atoms with Crippen LogP contribution in [0.5, 0.6) is 0 Å². The Morgan fingerprint density at radius 1 is 1.33 bits per heavy atom. The molecule has 0 amide bonds. The van der Waals surface area contributed by atoms with Gasteiger partial charge in [0.2, 0.25) is 0 Å². The number of hydrogen-bond donors (Lipinski definition) is 0. The molecular weight excluding hydrogens is 228 g/mol. The summed E-state index contributed by atoms with van der Waals surface area (Å²) in [6.45, 7) is 2.19. The minimum atomic E-state index is 0.424. The van der Waals surface area contributed by atoms with E-state index in [1.165, 1.54) is 0 Å². The topological polar surface area (TPSA) is 51.0 Å². The molecule has 0 saturated carbocycles. The number of hydrogen-bond acceptors (Lipinski definition) is 4. The standard InChI is InChI=1S/C13H16N4O/c1-16-4-2-12(3-5-16)17-13-11(8-15-17)6-10(9-18)7-14-13/h6-9,12H,2-5H2,1H3. The van der Waals surface area contributed by atoms with Gasteiger partial charge < -0.3 is 4.90 Å².